The second-order valence-electron chi connectivity index (χ2n) is 10.8. The van der Waals surface area contributed by atoms with Crippen molar-refractivity contribution in [2.24, 2.45) is 35.6 Å². The standard InChI is InChI=1S/C24H36N2O2S/c1-22-9-6-17(27)14-16(22)4-5-18-19(22)7-10-23(2)20(18)8-11-24(23,28)15-29-21-25-12-13-26(21)3/h12-14,17-20,27-28H,4-11,15H2,1-3H3/t17-,18-,19-,20-,22+,23+,24-/m1/s1. The average molecular weight is 417 g/mol. The van der Waals surface area contributed by atoms with Gasteiger partial charge >= 0.3 is 0 Å². The molecule has 0 radical (unpaired) electrons. The summed E-state index contributed by atoms with van der Waals surface area (Å²) in [6.07, 6.45) is 14.6. The van der Waals surface area contributed by atoms with E-state index < -0.39 is 5.60 Å². The van der Waals surface area contributed by atoms with Crippen LogP contribution in [0.1, 0.15) is 65.2 Å². The Bertz CT molecular complexity index is 822. The minimum atomic E-state index is -0.598. The number of allylic oxidation sites excluding steroid dienone is 1. The monoisotopic (exact) mass is 416 g/mol. The van der Waals surface area contributed by atoms with E-state index in [0.29, 0.717) is 5.92 Å². The van der Waals surface area contributed by atoms with Gasteiger partial charge in [-0.25, -0.2) is 4.98 Å². The molecular formula is C24H36N2O2S. The topological polar surface area (TPSA) is 58.3 Å². The third-order valence-electron chi connectivity index (χ3n) is 9.63. The predicted molar refractivity (Wildman–Crippen MR) is 117 cm³/mol. The second kappa shape index (κ2) is 6.86. The smallest absolute Gasteiger partial charge is 0.167 e. The van der Waals surface area contributed by atoms with Gasteiger partial charge in [-0.15, -0.1) is 0 Å². The van der Waals surface area contributed by atoms with Gasteiger partial charge in [0, 0.05) is 30.6 Å². The molecular weight excluding hydrogens is 380 g/mol. The molecule has 2 N–H and O–H groups in total. The van der Waals surface area contributed by atoms with Crippen LogP contribution in [-0.4, -0.2) is 37.2 Å². The zero-order valence-corrected chi connectivity index (χ0v) is 18.9. The summed E-state index contributed by atoms with van der Waals surface area (Å²) in [6.45, 7) is 4.86. The fourth-order valence-corrected chi connectivity index (χ4v) is 8.97. The van der Waals surface area contributed by atoms with Crippen LogP contribution in [0.4, 0.5) is 0 Å². The van der Waals surface area contributed by atoms with E-state index in [0.717, 1.165) is 61.3 Å². The van der Waals surface area contributed by atoms with E-state index in [4.69, 9.17) is 0 Å². The van der Waals surface area contributed by atoms with Crippen LogP contribution < -0.4 is 0 Å². The van der Waals surface area contributed by atoms with Crippen LogP contribution in [0.25, 0.3) is 0 Å². The van der Waals surface area contributed by atoms with Gasteiger partial charge in [0.2, 0.25) is 0 Å². The highest BCUT2D eigenvalue weighted by Gasteiger charge is 2.63. The molecule has 1 aromatic heterocycles. The van der Waals surface area contributed by atoms with Gasteiger partial charge in [0.25, 0.3) is 0 Å². The number of aryl methyl sites for hydroxylation is 1. The van der Waals surface area contributed by atoms with Gasteiger partial charge in [-0.2, -0.15) is 0 Å². The van der Waals surface area contributed by atoms with E-state index in [-0.39, 0.29) is 16.9 Å². The first-order valence-corrected chi connectivity index (χ1v) is 12.5. The number of hydrogen-bond acceptors (Lipinski definition) is 4. The minimum absolute atomic E-state index is 0.0120. The van der Waals surface area contributed by atoms with Crippen LogP contribution >= 0.6 is 11.8 Å². The number of nitrogens with zero attached hydrogens (tertiary/aromatic N) is 2. The maximum absolute atomic E-state index is 11.9. The Kier molecular flexibility index (Phi) is 4.77. The molecule has 5 rings (SSSR count). The fourth-order valence-electron chi connectivity index (χ4n) is 7.73. The predicted octanol–water partition coefficient (Wildman–Crippen LogP) is 4.57. The van der Waals surface area contributed by atoms with Gasteiger partial charge in [-0.05, 0) is 74.5 Å². The van der Waals surface area contributed by atoms with Crippen molar-refractivity contribution in [2.75, 3.05) is 5.75 Å². The van der Waals surface area contributed by atoms with Gasteiger partial charge in [0.15, 0.2) is 5.16 Å². The second-order valence-corrected chi connectivity index (χ2v) is 11.7. The molecule has 5 heteroatoms. The highest BCUT2D eigenvalue weighted by molar-refractivity contribution is 7.99. The fraction of sp³-hybridized carbons (Fsp3) is 0.792. The third kappa shape index (κ3) is 2.90. The van der Waals surface area contributed by atoms with E-state index >= 15 is 0 Å². The van der Waals surface area contributed by atoms with Crippen molar-refractivity contribution in [3.05, 3.63) is 24.0 Å². The summed E-state index contributed by atoms with van der Waals surface area (Å²) < 4.78 is 2.05. The van der Waals surface area contributed by atoms with E-state index in [1.54, 1.807) is 11.8 Å². The zero-order valence-electron chi connectivity index (χ0n) is 18.1. The van der Waals surface area contributed by atoms with Gasteiger partial charge in [0.05, 0.1) is 11.7 Å². The molecule has 0 spiro atoms. The molecule has 1 aromatic rings. The number of fused-ring (bicyclic) bond motifs is 5. The maximum atomic E-state index is 11.9. The van der Waals surface area contributed by atoms with Crippen molar-refractivity contribution in [3.63, 3.8) is 0 Å². The van der Waals surface area contributed by atoms with Crippen molar-refractivity contribution in [1.82, 2.24) is 9.55 Å². The molecule has 29 heavy (non-hydrogen) atoms. The van der Waals surface area contributed by atoms with Crippen molar-refractivity contribution in [1.29, 1.82) is 0 Å². The molecule has 4 nitrogen and oxygen atoms in total. The van der Waals surface area contributed by atoms with E-state index in [9.17, 15) is 10.2 Å². The Labute approximate surface area is 179 Å². The molecule has 0 aromatic carbocycles. The molecule has 0 aliphatic heterocycles. The summed E-state index contributed by atoms with van der Waals surface area (Å²) in [5.41, 5.74) is 1.21. The maximum Gasteiger partial charge on any atom is 0.167 e. The highest BCUT2D eigenvalue weighted by atomic mass is 32.2. The third-order valence-corrected chi connectivity index (χ3v) is 10.9. The quantitative estimate of drug-likeness (QED) is 0.560. The summed E-state index contributed by atoms with van der Waals surface area (Å²) in [6, 6.07) is 0. The van der Waals surface area contributed by atoms with Crippen LogP contribution in [0.5, 0.6) is 0 Å². The number of thioether (sulfide) groups is 1. The lowest BCUT2D eigenvalue weighted by Crippen LogP contribution is -2.55. The molecule has 3 fully saturated rings. The number of imidazole rings is 1. The molecule has 160 valence electrons. The van der Waals surface area contributed by atoms with Crippen LogP contribution in [-0.2, 0) is 7.05 Å². The number of aliphatic hydroxyl groups is 2. The molecule has 0 saturated heterocycles. The molecule has 3 saturated carbocycles. The van der Waals surface area contributed by atoms with Crippen molar-refractivity contribution >= 4 is 11.8 Å². The van der Waals surface area contributed by atoms with Crippen molar-refractivity contribution in [3.8, 4) is 0 Å². The summed E-state index contributed by atoms with van der Waals surface area (Å²) >= 11 is 1.72. The minimum Gasteiger partial charge on any atom is -0.389 e. The Morgan fingerprint density at radius 3 is 2.69 bits per heavy atom. The lowest BCUT2D eigenvalue weighted by molar-refractivity contribution is -0.116. The molecule has 4 aliphatic rings. The lowest BCUT2D eigenvalue weighted by atomic mass is 9.46. The molecule has 4 aliphatic carbocycles. The molecule has 0 amide bonds. The number of aromatic nitrogens is 2. The van der Waals surface area contributed by atoms with E-state index in [2.05, 4.69) is 24.9 Å². The SMILES string of the molecule is Cn1ccnc1SC[C@]1(O)CC[C@@H]2[C@@H]3CCC4=C[C@H](O)CC[C@]4(C)[C@@H]3CC[C@@]21C. The van der Waals surface area contributed by atoms with Gasteiger partial charge in [-0.1, -0.05) is 37.3 Å². The van der Waals surface area contributed by atoms with E-state index in [1.165, 1.54) is 18.4 Å². The van der Waals surface area contributed by atoms with Crippen molar-refractivity contribution < 1.29 is 10.2 Å². The number of hydrogen-bond donors (Lipinski definition) is 2. The number of rotatable bonds is 3. The van der Waals surface area contributed by atoms with Gasteiger partial charge in [0.1, 0.15) is 0 Å². The van der Waals surface area contributed by atoms with E-state index in [1.807, 2.05) is 24.0 Å². The summed E-state index contributed by atoms with van der Waals surface area (Å²) in [4.78, 5) is 4.45. The van der Waals surface area contributed by atoms with Crippen LogP contribution in [0.3, 0.4) is 0 Å². The van der Waals surface area contributed by atoms with Crippen LogP contribution in [0.2, 0.25) is 0 Å². The Hall–Kier alpha value is -0.780. The normalized spacial score (nSPS) is 46.6. The average Bonchev–Trinajstić information content (AvgIpc) is 3.22. The molecule has 0 unspecified atom stereocenters. The summed E-state index contributed by atoms with van der Waals surface area (Å²) in [5.74, 6) is 2.81. The molecule has 0 bridgehead atoms. The highest BCUT2D eigenvalue weighted by Crippen LogP contribution is 2.68. The Morgan fingerprint density at radius 1 is 1.14 bits per heavy atom. The number of aliphatic hydroxyl groups excluding tert-OH is 1. The van der Waals surface area contributed by atoms with Gasteiger partial charge in [-0.3, -0.25) is 0 Å². The zero-order chi connectivity index (χ0) is 20.4. The van der Waals surface area contributed by atoms with Crippen molar-refractivity contribution in [2.45, 2.75) is 82.1 Å². The summed E-state index contributed by atoms with van der Waals surface area (Å²) in [7, 11) is 2.03. The first-order chi connectivity index (χ1) is 13.8. The van der Waals surface area contributed by atoms with Gasteiger partial charge < -0.3 is 14.8 Å². The first kappa shape index (κ1) is 20.1. The molecule has 7 atom stereocenters. The largest absolute Gasteiger partial charge is 0.389 e. The first-order valence-electron chi connectivity index (χ1n) is 11.5. The van der Waals surface area contributed by atoms with Crippen LogP contribution in [0.15, 0.2) is 29.2 Å². The Morgan fingerprint density at radius 2 is 1.93 bits per heavy atom. The lowest BCUT2D eigenvalue weighted by Gasteiger charge is -2.59. The Balaban J connectivity index is 1.38. The van der Waals surface area contributed by atoms with Crippen LogP contribution in [0, 0.1) is 28.6 Å². The summed E-state index contributed by atoms with van der Waals surface area (Å²) in [5, 5.41) is 23.0. The molecule has 1 heterocycles.